The fourth-order valence-corrected chi connectivity index (χ4v) is 9.41. The van der Waals surface area contributed by atoms with Gasteiger partial charge in [0.1, 0.15) is 23.9 Å². The van der Waals surface area contributed by atoms with Crippen LogP contribution in [0.4, 0.5) is 0 Å². The van der Waals surface area contributed by atoms with E-state index in [1.54, 1.807) is 6.92 Å². The zero-order chi connectivity index (χ0) is 28.1. The average molecular weight is 549 g/mol. The van der Waals surface area contributed by atoms with Gasteiger partial charge in [-0.2, -0.15) is 0 Å². The molecule has 218 valence electrons. The van der Waals surface area contributed by atoms with Crippen LogP contribution in [0.3, 0.4) is 0 Å². The van der Waals surface area contributed by atoms with E-state index in [0.717, 1.165) is 44.1 Å². The van der Waals surface area contributed by atoms with Crippen LogP contribution in [0, 0.1) is 35.5 Å². The maximum Gasteiger partial charge on any atom is 0.306 e. The number of hydrogen-bond acceptors (Lipinski definition) is 8. The van der Waals surface area contributed by atoms with Crippen LogP contribution < -0.4 is 0 Å². The molecule has 6 rings (SSSR count). The first kappa shape index (κ1) is 27.8. The number of rotatable bonds is 4. The Bertz CT molecular complexity index is 1060. The molecule has 9 heteroatoms. The van der Waals surface area contributed by atoms with Gasteiger partial charge >= 0.3 is 5.97 Å². The molecule has 0 aromatic rings. The SMILES string of the molecule is C=C(C)[C@]12C[C@@H](C)[C@]34OC5(CCCCCCC[C@@H](C)[C@H]([C@@H](C)C(=O)O)[C@@H]3C(=O)[C@H](O)[C@@]3(CO)O[C@H]3[C@H]4[C@H]1O5)O2. The topological polar surface area (TPSA) is 135 Å². The maximum absolute atomic E-state index is 14.6. The van der Waals surface area contributed by atoms with Gasteiger partial charge in [0.2, 0.25) is 0 Å². The highest BCUT2D eigenvalue weighted by atomic mass is 16.9. The summed E-state index contributed by atoms with van der Waals surface area (Å²) < 4.78 is 26.8. The number of carboxylic acid groups (broad SMARTS) is 1. The van der Waals surface area contributed by atoms with Gasteiger partial charge in [-0.05, 0) is 43.1 Å². The molecule has 13 atom stereocenters. The smallest absolute Gasteiger partial charge is 0.306 e. The summed E-state index contributed by atoms with van der Waals surface area (Å²) in [6.07, 6.45) is 3.67. The number of carboxylic acids is 1. The van der Waals surface area contributed by atoms with E-state index in [4.69, 9.17) is 18.9 Å². The Morgan fingerprint density at radius 1 is 1.10 bits per heavy atom. The molecule has 2 spiro atoms. The van der Waals surface area contributed by atoms with E-state index in [1.807, 2.05) is 20.8 Å². The lowest BCUT2D eigenvalue weighted by molar-refractivity contribution is -0.429. The number of epoxide rings is 1. The monoisotopic (exact) mass is 548 g/mol. The molecular weight excluding hydrogens is 504 g/mol. The molecule has 4 aliphatic heterocycles. The quantitative estimate of drug-likeness (QED) is 0.357. The third kappa shape index (κ3) is 3.53. The summed E-state index contributed by atoms with van der Waals surface area (Å²) in [6.45, 7) is 11.4. The largest absolute Gasteiger partial charge is 0.481 e. The number of aliphatic hydroxyl groups is 2. The number of ether oxygens (including phenoxy) is 4. The minimum Gasteiger partial charge on any atom is -0.481 e. The molecule has 4 saturated heterocycles. The van der Waals surface area contributed by atoms with Crippen molar-refractivity contribution in [1.82, 2.24) is 0 Å². The number of Topliss-reactive ketones (excluding diaryl/α,β-unsaturated/α-hetero) is 1. The molecule has 6 fully saturated rings. The number of carbonyl (C=O) groups is 2. The van der Waals surface area contributed by atoms with E-state index in [2.05, 4.69) is 6.58 Å². The molecule has 0 aromatic heterocycles. The Kier molecular flexibility index (Phi) is 6.46. The lowest BCUT2D eigenvalue weighted by atomic mass is 9.51. The molecule has 4 heterocycles. The van der Waals surface area contributed by atoms with Crippen LogP contribution in [0.15, 0.2) is 12.2 Å². The number of hydrogen-bond donors (Lipinski definition) is 3. The van der Waals surface area contributed by atoms with Crippen molar-refractivity contribution >= 4 is 11.8 Å². The first-order valence-electron chi connectivity index (χ1n) is 14.9. The second-order valence-corrected chi connectivity index (χ2v) is 13.5. The van der Waals surface area contributed by atoms with Crippen LogP contribution in [0.25, 0.3) is 0 Å². The molecule has 0 amide bonds. The highest BCUT2D eigenvalue weighted by Crippen LogP contribution is 2.71. The maximum atomic E-state index is 14.6. The molecule has 1 unspecified atom stereocenters. The van der Waals surface area contributed by atoms with Gasteiger partial charge < -0.3 is 34.3 Å². The highest BCUT2D eigenvalue weighted by Gasteiger charge is 2.86. The third-order valence-electron chi connectivity index (χ3n) is 11.4. The molecule has 0 radical (unpaired) electrons. The standard InChI is InChI=1S/C30H44O9/c1-15(2)27-13-17(4)30-20-19(18(5)26(34)35)16(3)11-9-7-6-8-10-12-29(38-27,39-30)37-24(27)21(30)25-28(14-31,36-25)23(33)22(20)32/h16-21,23-25,31,33H,1,6-14H2,2-5H3,(H,34,35)/t16-,17-,18-,19-,20-,21-,23+,24-,25+,27-,28-,29?,30+/m1/s1. The first-order valence-corrected chi connectivity index (χ1v) is 14.9. The second kappa shape index (κ2) is 9.07. The number of aliphatic hydroxyl groups excluding tert-OH is 2. The Morgan fingerprint density at radius 3 is 2.46 bits per heavy atom. The summed E-state index contributed by atoms with van der Waals surface area (Å²) in [4.78, 5) is 27.2. The average Bonchev–Trinajstić information content (AvgIpc) is 3.58. The number of aliphatic carboxylic acids is 1. The van der Waals surface area contributed by atoms with Crippen molar-refractivity contribution in [3.63, 3.8) is 0 Å². The van der Waals surface area contributed by atoms with Gasteiger partial charge in [-0.25, -0.2) is 0 Å². The van der Waals surface area contributed by atoms with E-state index in [9.17, 15) is 24.9 Å². The predicted octanol–water partition coefficient (Wildman–Crippen LogP) is 3.20. The van der Waals surface area contributed by atoms with E-state index >= 15 is 0 Å². The molecule has 2 aliphatic carbocycles. The number of ketones is 1. The molecule has 39 heavy (non-hydrogen) atoms. The Labute approximate surface area is 230 Å². The Hall–Kier alpha value is -1.36. The van der Waals surface area contributed by atoms with Gasteiger partial charge in [-0.3, -0.25) is 9.59 Å². The fraction of sp³-hybridized carbons (Fsp3) is 0.867. The fourth-order valence-electron chi connectivity index (χ4n) is 9.41. The third-order valence-corrected chi connectivity index (χ3v) is 11.4. The zero-order valence-corrected chi connectivity index (χ0v) is 23.6. The zero-order valence-electron chi connectivity index (χ0n) is 23.6. The van der Waals surface area contributed by atoms with Crippen molar-refractivity contribution < 1.29 is 43.9 Å². The molecule has 0 aromatic carbocycles. The molecule has 3 N–H and O–H groups in total. The van der Waals surface area contributed by atoms with Crippen molar-refractivity contribution in [3.8, 4) is 0 Å². The van der Waals surface area contributed by atoms with Gasteiger partial charge in [0.05, 0.1) is 24.0 Å². The van der Waals surface area contributed by atoms with Crippen LogP contribution in [-0.2, 0) is 28.5 Å². The number of carbonyl (C=O) groups excluding carboxylic acids is 1. The van der Waals surface area contributed by atoms with Gasteiger partial charge in [-0.1, -0.05) is 59.5 Å². The number of fused-ring (bicyclic) bond motifs is 1. The summed E-state index contributed by atoms with van der Waals surface area (Å²) in [7, 11) is 0. The van der Waals surface area contributed by atoms with Gasteiger partial charge in [-0.15, -0.1) is 0 Å². The second-order valence-electron chi connectivity index (χ2n) is 13.5. The normalized spacial score (nSPS) is 53.4. The molecule has 3 bridgehead atoms. The van der Waals surface area contributed by atoms with E-state index < -0.39 is 83.1 Å². The molecule has 2 saturated carbocycles. The van der Waals surface area contributed by atoms with Crippen molar-refractivity contribution in [2.24, 2.45) is 35.5 Å². The lowest BCUT2D eigenvalue weighted by Gasteiger charge is -2.60. The van der Waals surface area contributed by atoms with Crippen LogP contribution >= 0.6 is 0 Å². The van der Waals surface area contributed by atoms with Crippen molar-refractivity contribution in [2.45, 2.75) is 120 Å². The summed E-state index contributed by atoms with van der Waals surface area (Å²) >= 11 is 0. The Balaban J connectivity index is 1.62. The molecule has 9 nitrogen and oxygen atoms in total. The summed E-state index contributed by atoms with van der Waals surface area (Å²) in [5.41, 5.74) is -2.75. The minimum absolute atomic E-state index is 0.116. The predicted molar refractivity (Wildman–Crippen MR) is 138 cm³/mol. The van der Waals surface area contributed by atoms with Crippen LogP contribution in [0.1, 0.15) is 79.1 Å². The van der Waals surface area contributed by atoms with Crippen LogP contribution in [0.2, 0.25) is 0 Å². The van der Waals surface area contributed by atoms with E-state index in [1.165, 1.54) is 0 Å². The van der Waals surface area contributed by atoms with Gasteiger partial charge in [0.25, 0.3) is 5.97 Å². The van der Waals surface area contributed by atoms with Crippen molar-refractivity contribution in [3.05, 3.63) is 12.2 Å². The van der Waals surface area contributed by atoms with Gasteiger partial charge in [0, 0.05) is 12.3 Å². The van der Waals surface area contributed by atoms with E-state index in [-0.39, 0.29) is 11.8 Å². The molecule has 6 aliphatic rings. The minimum atomic E-state index is -1.60. The van der Waals surface area contributed by atoms with Crippen molar-refractivity contribution in [2.75, 3.05) is 6.61 Å². The van der Waals surface area contributed by atoms with E-state index in [0.29, 0.717) is 12.8 Å². The summed E-state index contributed by atoms with van der Waals surface area (Å²) in [5, 5.41) is 32.4. The van der Waals surface area contributed by atoms with Crippen molar-refractivity contribution in [1.29, 1.82) is 0 Å². The lowest BCUT2D eigenvalue weighted by Crippen LogP contribution is -2.72. The molecular formula is C30H44O9. The van der Waals surface area contributed by atoms with Crippen LogP contribution in [-0.4, -0.2) is 74.8 Å². The summed E-state index contributed by atoms with van der Waals surface area (Å²) in [5.74, 6) is -6.22. The summed E-state index contributed by atoms with van der Waals surface area (Å²) in [6, 6.07) is 0. The first-order chi connectivity index (χ1) is 18.4. The Morgan fingerprint density at radius 2 is 1.79 bits per heavy atom. The highest BCUT2D eigenvalue weighted by molar-refractivity contribution is 5.90. The van der Waals surface area contributed by atoms with Gasteiger partial charge in [0.15, 0.2) is 11.4 Å². The van der Waals surface area contributed by atoms with Crippen LogP contribution in [0.5, 0.6) is 0 Å².